The number of hydrogen-bond donors (Lipinski definition) is 1. The van der Waals surface area contributed by atoms with Gasteiger partial charge in [-0.3, -0.25) is 9.78 Å². The van der Waals surface area contributed by atoms with E-state index in [0.717, 1.165) is 5.56 Å². The maximum absolute atomic E-state index is 13.4. The average molecular weight is 410 g/mol. The Balaban J connectivity index is 1.59. The van der Waals surface area contributed by atoms with Gasteiger partial charge in [0.15, 0.2) is 0 Å². The largest absolute Gasteiger partial charge is 0.326 e. The summed E-state index contributed by atoms with van der Waals surface area (Å²) in [6.07, 6.45) is 2.98. The minimum atomic E-state index is -3.73. The van der Waals surface area contributed by atoms with Gasteiger partial charge in [0, 0.05) is 30.4 Å². The van der Waals surface area contributed by atoms with E-state index in [0.29, 0.717) is 36.0 Å². The third kappa shape index (κ3) is 3.88. The number of aryl methyl sites for hydroxylation is 1. The summed E-state index contributed by atoms with van der Waals surface area (Å²) in [5.41, 5.74) is 2.33. The molecule has 0 radical (unpaired) electrons. The molecule has 150 valence electrons. The van der Waals surface area contributed by atoms with Crippen LogP contribution in [0, 0.1) is 12.8 Å². The fourth-order valence-electron chi connectivity index (χ4n) is 3.79. The highest BCUT2D eigenvalue weighted by Gasteiger charge is 2.34. The summed E-state index contributed by atoms with van der Waals surface area (Å²) >= 11 is 0. The van der Waals surface area contributed by atoms with Gasteiger partial charge in [-0.05, 0) is 55.7 Å². The topological polar surface area (TPSA) is 79.4 Å². The SMILES string of the molecule is Cc1ccc(S(=O)(=O)N2CCCC(C(=O)Nc3ccccc3)C2)c2cccnc12. The molecule has 1 unspecified atom stereocenters. The number of carbonyl (C=O) groups is 1. The normalized spacial score (nSPS) is 17.9. The lowest BCUT2D eigenvalue weighted by atomic mass is 9.99. The summed E-state index contributed by atoms with van der Waals surface area (Å²) in [4.78, 5) is 17.3. The minimum absolute atomic E-state index is 0.147. The Morgan fingerprint density at radius 1 is 1.10 bits per heavy atom. The first kappa shape index (κ1) is 19.5. The number of anilines is 1. The van der Waals surface area contributed by atoms with Gasteiger partial charge in [0.2, 0.25) is 15.9 Å². The first-order chi connectivity index (χ1) is 14.0. The van der Waals surface area contributed by atoms with Gasteiger partial charge in [0.05, 0.1) is 16.3 Å². The molecular weight excluding hydrogens is 386 g/mol. The molecule has 6 nitrogen and oxygen atoms in total. The molecule has 1 aliphatic rings. The van der Waals surface area contributed by atoms with Crippen LogP contribution in [0.5, 0.6) is 0 Å². The number of sulfonamides is 1. The van der Waals surface area contributed by atoms with Gasteiger partial charge in [0.25, 0.3) is 0 Å². The Morgan fingerprint density at radius 3 is 2.69 bits per heavy atom. The van der Waals surface area contributed by atoms with Crippen molar-refractivity contribution in [1.29, 1.82) is 0 Å². The molecule has 1 N–H and O–H groups in total. The summed E-state index contributed by atoms with van der Waals surface area (Å²) < 4.78 is 28.2. The highest BCUT2D eigenvalue weighted by molar-refractivity contribution is 7.89. The number of fused-ring (bicyclic) bond motifs is 1. The number of aromatic nitrogens is 1. The molecule has 3 aromatic rings. The zero-order valence-electron chi connectivity index (χ0n) is 16.2. The highest BCUT2D eigenvalue weighted by atomic mass is 32.2. The number of piperidine rings is 1. The average Bonchev–Trinajstić information content (AvgIpc) is 2.75. The molecule has 0 spiro atoms. The molecule has 1 aromatic heterocycles. The number of para-hydroxylation sites is 1. The van der Waals surface area contributed by atoms with Crippen molar-refractivity contribution in [3.05, 3.63) is 66.4 Å². The smallest absolute Gasteiger partial charge is 0.243 e. The van der Waals surface area contributed by atoms with Crippen LogP contribution in [0.3, 0.4) is 0 Å². The number of nitrogens with zero attached hydrogens (tertiary/aromatic N) is 2. The van der Waals surface area contributed by atoms with Crippen LogP contribution in [0.2, 0.25) is 0 Å². The number of amides is 1. The van der Waals surface area contributed by atoms with E-state index in [-0.39, 0.29) is 23.3 Å². The third-order valence-corrected chi connectivity index (χ3v) is 7.27. The molecule has 1 aliphatic heterocycles. The van der Waals surface area contributed by atoms with E-state index in [1.54, 1.807) is 30.5 Å². The molecule has 2 aromatic carbocycles. The Labute approximate surface area is 170 Å². The molecule has 2 heterocycles. The third-order valence-electron chi connectivity index (χ3n) is 5.35. The van der Waals surface area contributed by atoms with Crippen molar-refractivity contribution < 1.29 is 13.2 Å². The van der Waals surface area contributed by atoms with Crippen molar-refractivity contribution in [3.8, 4) is 0 Å². The Morgan fingerprint density at radius 2 is 1.90 bits per heavy atom. The van der Waals surface area contributed by atoms with E-state index in [4.69, 9.17) is 0 Å². The lowest BCUT2D eigenvalue weighted by Gasteiger charge is -2.31. The minimum Gasteiger partial charge on any atom is -0.326 e. The van der Waals surface area contributed by atoms with Crippen LogP contribution in [0.1, 0.15) is 18.4 Å². The first-order valence-electron chi connectivity index (χ1n) is 9.67. The summed E-state index contributed by atoms with van der Waals surface area (Å²) in [7, 11) is -3.73. The summed E-state index contributed by atoms with van der Waals surface area (Å²) in [5, 5.41) is 3.50. The van der Waals surface area contributed by atoms with Gasteiger partial charge in [-0.1, -0.05) is 24.3 Å². The van der Waals surface area contributed by atoms with Gasteiger partial charge in [-0.2, -0.15) is 4.31 Å². The molecule has 1 fully saturated rings. The second kappa shape index (κ2) is 7.93. The van der Waals surface area contributed by atoms with Crippen LogP contribution < -0.4 is 5.32 Å². The van der Waals surface area contributed by atoms with Crippen LogP contribution in [0.4, 0.5) is 5.69 Å². The molecule has 1 amide bonds. The van der Waals surface area contributed by atoms with Gasteiger partial charge < -0.3 is 5.32 Å². The monoisotopic (exact) mass is 409 g/mol. The van der Waals surface area contributed by atoms with Crippen molar-refractivity contribution in [1.82, 2.24) is 9.29 Å². The van der Waals surface area contributed by atoms with Crippen LogP contribution in [0.25, 0.3) is 10.9 Å². The summed E-state index contributed by atoms with van der Waals surface area (Å²) in [6.45, 7) is 2.50. The highest BCUT2D eigenvalue weighted by Crippen LogP contribution is 2.30. The summed E-state index contributed by atoms with van der Waals surface area (Å²) in [5.74, 6) is -0.528. The molecule has 4 rings (SSSR count). The van der Waals surface area contributed by atoms with Gasteiger partial charge in [0.1, 0.15) is 0 Å². The van der Waals surface area contributed by atoms with Gasteiger partial charge in [-0.15, -0.1) is 0 Å². The Bertz CT molecular complexity index is 1150. The number of hydrogen-bond acceptors (Lipinski definition) is 4. The van der Waals surface area contributed by atoms with Crippen molar-refractivity contribution in [2.24, 2.45) is 5.92 Å². The second-order valence-electron chi connectivity index (χ2n) is 7.34. The number of pyridine rings is 1. The standard InChI is InChI=1S/C22H23N3O3S/c1-16-11-12-20(19-10-5-13-23-21(16)19)29(27,28)25-14-6-7-17(15-25)22(26)24-18-8-3-2-4-9-18/h2-5,8-13,17H,6-7,14-15H2,1H3,(H,24,26). The maximum atomic E-state index is 13.4. The molecule has 0 aliphatic carbocycles. The number of nitrogens with one attached hydrogen (secondary N) is 1. The summed E-state index contributed by atoms with van der Waals surface area (Å²) in [6, 6.07) is 16.2. The number of carbonyl (C=O) groups excluding carboxylic acids is 1. The van der Waals surface area contributed by atoms with Crippen LogP contribution in [-0.2, 0) is 14.8 Å². The maximum Gasteiger partial charge on any atom is 0.243 e. The van der Waals surface area contributed by atoms with E-state index >= 15 is 0 Å². The van der Waals surface area contributed by atoms with Crippen LogP contribution in [0.15, 0.2) is 65.7 Å². The van der Waals surface area contributed by atoms with E-state index in [9.17, 15) is 13.2 Å². The zero-order chi connectivity index (χ0) is 20.4. The van der Waals surface area contributed by atoms with Gasteiger partial charge in [-0.25, -0.2) is 8.42 Å². The molecule has 7 heteroatoms. The van der Waals surface area contributed by atoms with Crippen molar-refractivity contribution >= 4 is 32.5 Å². The predicted molar refractivity (Wildman–Crippen MR) is 113 cm³/mol. The molecule has 29 heavy (non-hydrogen) atoms. The van der Waals surface area contributed by atoms with E-state index < -0.39 is 10.0 Å². The lowest BCUT2D eigenvalue weighted by molar-refractivity contribution is -0.120. The molecule has 0 bridgehead atoms. The molecular formula is C22H23N3O3S. The predicted octanol–water partition coefficient (Wildman–Crippen LogP) is 3.58. The molecule has 0 saturated carbocycles. The fourth-order valence-corrected chi connectivity index (χ4v) is 5.50. The van der Waals surface area contributed by atoms with Gasteiger partial charge >= 0.3 is 0 Å². The Kier molecular flexibility index (Phi) is 5.34. The zero-order valence-corrected chi connectivity index (χ0v) is 17.0. The first-order valence-corrected chi connectivity index (χ1v) is 11.1. The quantitative estimate of drug-likeness (QED) is 0.714. The van der Waals surface area contributed by atoms with E-state index in [1.165, 1.54) is 4.31 Å². The number of rotatable bonds is 4. The van der Waals surface area contributed by atoms with Crippen LogP contribution in [-0.4, -0.2) is 36.7 Å². The Hall–Kier alpha value is -2.77. The molecule has 1 saturated heterocycles. The van der Waals surface area contributed by atoms with Crippen molar-refractivity contribution in [2.45, 2.75) is 24.7 Å². The number of benzene rings is 2. The van der Waals surface area contributed by atoms with E-state index in [1.807, 2.05) is 37.3 Å². The second-order valence-corrected chi connectivity index (χ2v) is 9.24. The molecule has 1 atom stereocenters. The fraction of sp³-hybridized carbons (Fsp3) is 0.273. The van der Waals surface area contributed by atoms with Crippen molar-refractivity contribution in [2.75, 3.05) is 18.4 Å². The lowest BCUT2D eigenvalue weighted by Crippen LogP contribution is -2.43. The van der Waals surface area contributed by atoms with E-state index in [2.05, 4.69) is 10.3 Å². The van der Waals surface area contributed by atoms with Crippen molar-refractivity contribution in [3.63, 3.8) is 0 Å². The van der Waals surface area contributed by atoms with Crippen LogP contribution >= 0.6 is 0 Å².